The zero-order valence-electron chi connectivity index (χ0n) is 15.9. The summed E-state index contributed by atoms with van der Waals surface area (Å²) in [5.74, 6) is 1.32. The van der Waals surface area contributed by atoms with Gasteiger partial charge in [-0.05, 0) is 5.56 Å². The van der Waals surface area contributed by atoms with E-state index in [1.54, 1.807) is 18.4 Å². The lowest BCUT2D eigenvalue weighted by Crippen LogP contribution is -2.45. The fourth-order valence-electron chi connectivity index (χ4n) is 4.06. The molecule has 2 aliphatic rings. The van der Waals surface area contributed by atoms with Crippen LogP contribution in [0.3, 0.4) is 0 Å². The van der Waals surface area contributed by atoms with Crippen LogP contribution in [0.15, 0.2) is 35.7 Å². The Morgan fingerprint density at radius 1 is 1.11 bits per heavy atom. The summed E-state index contributed by atoms with van der Waals surface area (Å²) in [6.07, 6.45) is 1.70. The van der Waals surface area contributed by atoms with Crippen LogP contribution in [0.2, 0.25) is 0 Å². The summed E-state index contributed by atoms with van der Waals surface area (Å²) in [5, 5.41) is 3.31. The molecule has 0 N–H and O–H groups in total. The summed E-state index contributed by atoms with van der Waals surface area (Å²) in [4.78, 5) is 13.0. The first-order chi connectivity index (χ1) is 13.8. The van der Waals surface area contributed by atoms with Crippen LogP contribution in [0.1, 0.15) is 18.7 Å². The standard InChI is InChI=1S/C21H23N3O3S/c1-25-13-17-22-19(24-9-7-21(8-10-24)26-11-12-27-21)18-16(14-28-20(18)23-17)15-5-3-2-4-6-15/h2-6,14H,7-13H2,1H3. The summed E-state index contributed by atoms with van der Waals surface area (Å²) in [5.41, 5.74) is 2.38. The van der Waals surface area contributed by atoms with E-state index in [-0.39, 0.29) is 0 Å². The Kier molecular flexibility index (Phi) is 4.76. The number of ether oxygens (including phenoxy) is 3. The number of fused-ring (bicyclic) bond motifs is 1. The lowest BCUT2D eigenvalue weighted by Gasteiger charge is -2.38. The van der Waals surface area contributed by atoms with E-state index >= 15 is 0 Å². The van der Waals surface area contributed by atoms with Crippen LogP contribution in [-0.2, 0) is 20.8 Å². The van der Waals surface area contributed by atoms with Gasteiger partial charge in [0.2, 0.25) is 0 Å². The van der Waals surface area contributed by atoms with Crippen molar-refractivity contribution in [3.63, 3.8) is 0 Å². The van der Waals surface area contributed by atoms with Gasteiger partial charge in [-0.1, -0.05) is 30.3 Å². The summed E-state index contributed by atoms with van der Waals surface area (Å²) in [6, 6.07) is 10.5. The number of thiophene rings is 1. The third kappa shape index (κ3) is 3.18. The van der Waals surface area contributed by atoms with Crippen molar-refractivity contribution in [3.8, 4) is 11.1 Å². The number of anilines is 1. The van der Waals surface area contributed by atoms with Crippen molar-refractivity contribution in [2.24, 2.45) is 0 Å². The molecule has 1 spiro atoms. The first kappa shape index (κ1) is 18.0. The van der Waals surface area contributed by atoms with Crippen molar-refractivity contribution in [1.82, 2.24) is 9.97 Å². The average molecular weight is 398 g/mol. The average Bonchev–Trinajstić information content (AvgIpc) is 3.36. The quantitative estimate of drug-likeness (QED) is 0.667. The number of hydrogen-bond acceptors (Lipinski definition) is 7. The topological polar surface area (TPSA) is 56.7 Å². The minimum absolute atomic E-state index is 0.394. The molecule has 0 saturated carbocycles. The summed E-state index contributed by atoms with van der Waals surface area (Å²) in [6.45, 7) is 3.49. The first-order valence-corrected chi connectivity index (χ1v) is 10.5. The Morgan fingerprint density at radius 3 is 2.57 bits per heavy atom. The van der Waals surface area contributed by atoms with Gasteiger partial charge in [0.25, 0.3) is 0 Å². The van der Waals surface area contributed by atoms with Crippen molar-refractivity contribution >= 4 is 27.4 Å². The molecule has 0 unspecified atom stereocenters. The van der Waals surface area contributed by atoms with E-state index in [0.29, 0.717) is 19.8 Å². The second-order valence-electron chi connectivity index (χ2n) is 7.19. The van der Waals surface area contributed by atoms with Crippen LogP contribution in [0.4, 0.5) is 5.82 Å². The lowest BCUT2D eigenvalue weighted by atomic mass is 10.0. The van der Waals surface area contributed by atoms with Gasteiger partial charge in [-0.25, -0.2) is 9.97 Å². The fraction of sp³-hybridized carbons (Fsp3) is 0.429. The molecule has 0 amide bonds. The van der Waals surface area contributed by atoms with Crippen LogP contribution in [0, 0.1) is 0 Å². The van der Waals surface area contributed by atoms with Crippen molar-refractivity contribution in [1.29, 1.82) is 0 Å². The van der Waals surface area contributed by atoms with Gasteiger partial charge in [-0.3, -0.25) is 0 Å². The molecule has 0 bridgehead atoms. The molecule has 2 fully saturated rings. The molecule has 0 aliphatic carbocycles. The second kappa shape index (κ2) is 7.40. The van der Waals surface area contributed by atoms with E-state index in [0.717, 1.165) is 47.8 Å². The molecule has 146 valence electrons. The van der Waals surface area contributed by atoms with Crippen LogP contribution >= 0.6 is 11.3 Å². The van der Waals surface area contributed by atoms with E-state index < -0.39 is 5.79 Å². The third-order valence-corrected chi connectivity index (χ3v) is 6.33. The third-order valence-electron chi connectivity index (χ3n) is 5.46. The number of piperidine rings is 1. The highest BCUT2D eigenvalue weighted by Gasteiger charge is 2.40. The molecular weight excluding hydrogens is 374 g/mol. The van der Waals surface area contributed by atoms with Crippen LogP contribution in [0.25, 0.3) is 21.3 Å². The molecule has 5 rings (SSSR count). The van der Waals surface area contributed by atoms with Crippen molar-refractivity contribution < 1.29 is 14.2 Å². The zero-order valence-corrected chi connectivity index (χ0v) is 16.7. The van der Waals surface area contributed by atoms with Crippen LogP contribution < -0.4 is 4.90 Å². The van der Waals surface area contributed by atoms with Gasteiger partial charge in [-0.15, -0.1) is 11.3 Å². The predicted octanol–water partition coefficient (Wildman–Crippen LogP) is 3.85. The highest BCUT2D eigenvalue weighted by Crippen LogP contribution is 2.40. The highest BCUT2D eigenvalue weighted by atomic mass is 32.1. The number of benzene rings is 1. The van der Waals surface area contributed by atoms with Crippen LogP contribution in [-0.4, -0.2) is 49.2 Å². The Morgan fingerprint density at radius 2 is 1.86 bits per heavy atom. The van der Waals surface area contributed by atoms with E-state index in [9.17, 15) is 0 Å². The lowest BCUT2D eigenvalue weighted by molar-refractivity contribution is -0.169. The molecular formula is C21H23N3O3S. The van der Waals surface area contributed by atoms with Gasteiger partial charge >= 0.3 is 0 Å². The van der Waals surface area contributed by atoms with Gasteiger partial charge in [0.05, 0.1) is 18.6 Å². The number of rotatable bonds is 4. The molecule has 1 aromatic carbocycles. The van der Waals surface area contributed by atoms with E-state index in [4.69, 9.17) is 24.2 Å². The van der Waals surface area contributed by atoms with Gasteiger partial charge in [-0.2, -0.15) is 0 Å². The number of methoxy groups -OCH3 is 1. The van der Waals surface area contributed by atoms with Crippen molar-refractivity contribution in [2.75, 3.05) is 38.3 Å². The molecule has 2 aliphatic heterocycles. The molecule has 4 heterocycles. The molecule has 2 saturated heterocycles. The van der Waals surface area contributed by atoms with Crippen molar-refractivity contribution in [3.05, 3.63) is 41.5 Å². The Hall–Kier alpha value is -2.06. The van der Waals surface area contributed by atoms with E-state index in [1.807, 2.05) is 6.07 Å². The Balaban J connectivity index is 1.57. The smallest absolute Gasteiger partial charge is 0.171 e. The molecule has 3 aromatic rings. The van der Waals surface area contributed by atoms with Gasteiger partial charge in [0.15, 0.2) is 11.6 Å². The van der Waals surface area contributed by atoms with E-state index in [1.165, 1.54) is 11.1 Å². The highest BCUT2D eigenvalue weighted by molar-refractivity contribution is 7.17. The van der Waals surface area contributed by atoms with Gasteiger partial charge < -0.3 is 19.1 Å². The number of aromatic nitrogens is 2. The molecule has 2 aromatic heterocycles. The normalized spacial score (nSPS) is 19.0. The number of hydrogen-bond donors (Lipinski definition) is 0. The molecule has 7 heteroatoms. The van der Waals surface area contributed by atoms with Crippen molar-refractivity contribution in [2.45, 2.75) is 25.2 Å². The Labute approximate surface area is 168 Å². The van der Waals surface area contributed by atoms with Gasteiger partial charge in [0.1, 0.15) is 17.3 Å². The largest absolute Gasteiger partial charge is 0.377 e. The molecule has 0 atom stereocenters. The zero-order chi connectivity index (χ0) is 19.0. The number of nitrogens with zero attached hydrogens (tertiary/aromatic N) is 3. The molecule has 0 radical (unpaired) electrons. The van der Waals surface area contributed by atoms with Gasteiger partial charge in [0, 0.05) is 44.0 Å². The Bertz CT molecular complexity index is 960. The summed E-state index contributed by atoms with van der Waals surface area (Å²) < 4.78 is 17.1. The second-order valence-corrected chi connectivity index (χ2v) is 8.04. The summed E-state index contributed by atoms with van der Waals surface area (Å²) >= 11 is 1.66. The van der Waals surface area contributed by atoms with Crippen LogP contribution in [0.5, 0.6) is 0 Å². The maximum atomic E-state index is 5.89. The SMILES string of the molecule is COCc1nc(N2CCC3(CC2)OCCO3)c2c(-c3ccccc3)csc2n1. The first-order valence-electron chi connectivity index (χ1n) is 9.63. The summed E-state index contributed by atoms with van der Waals surface area (Å²) in [7, 11) is 1.68. The fourth-order valence-corrected chi connectivity index (χ4v) is 5.02. The predicted molar refractivity (Wildman–Crippen MR) is 110 cm³/mol. The minimum Gasteiger partial charge on any atom is -0.377 e. The maximum Gasteiger partial charge on any atom is 0.171 e. The minimum atomic E-state index is -0.394. The molecule has 28 heavy (non-hydrogen) atoms. The monoisotopic (exact) mass is 397 g/mol. The molecule has 6 nitrogen and oxygen atoms in total. The maximum absolute atomic E-state index is 5.89. The van der Waals surface area contributed by atoms with E-state index in [2.05, 4.69) is 34.5 Å².